The number of esters is 1. The Labute approximate surface area is 158 Å². The Morgan fingerprint density at radius 3 is 2.33 bits per heavy atom. The molecule has 0 aliphatic carbocycles. The van der Waals surface area contributed by atoms with Gasteiger partial charge in [0.1, 0.15) is 6.07 Å². The number of benzene rings is 2. The molecular weight excluding hydrogens is 366 g/mol. The van der Waals surface area contributed by atoms with Crippen molar-refractivity contribution in [2.24, 2.45) is 0 Å². The van der Waals surface area contributed by atoms with Gasteiger partial charge in [-0.2, -0.15) is 5.26 Å². The Morgan fingerprint density at radius 2 is 1.81 bits per heavy atom. The molecule has 0 bridgehead atoms. The first-order valence-electron chi connectivity index (χ1n) is 8.07. The molecule has 0 saturated heterocycles. The van der Waals surface area contributed by atoms with E-state index in [0.717, 1.165) is 0 Å². The van der Waals surface area contributed by atoms with Crippen LogP contribution in [0.15, 0.2) is 71.3 Å². The van der Waals surface area contributed by atoms with E-state index in [9.17, 15) is 13.2 Å². The smallest absolute Gasteiger partial charge is 0.350 e. The van der Waals surface area contributed by atoms with E-state index < -0.39 is 16.0 Å². The number of anilines is 2. The summed E-state index contributed by atoms with van der Waals surface area (Å²) in [5.74, 6) is -0.759. The van der Waals surface area contributed by atoms with E-state index in [1.165, 1.54) is 29.7 Å². The summed E-state index contributed by atoms with van der Waals surface area (Å²) in [4.78, 5) is 11.5. The van der Waals surface area contributed by atoms with Gasteiger partial charge >= 0.3 is 5.97 Å². The number of nitrogens with one attached hydrogen (secondary N) is 1. The second-order valence-electron chi connectivity index (χ2n) is 5.34. The largest absolute Gasteiger partial charge is 0.465 e. The summed E-state index contributed by atoms with van der Waals surface area (Å²) in [6.07, 6.45) is 1.21. The monoisotopic (exact) mass is 385 g/mol. The molecule has 0 heterocycles. The Balaban J connectivity index is 2.24. The van der Waals surface area contributed by atoms with E-state index >= 15 is 0 Å². The number of hydrogen-bond acceptors (Lipinski definition) is 6. The van der Waals surface area contributed by atoms with E-state index in [0.29, 0.717) is 17.9 Å². The molecule has 0 radical (unpaired) electrons. The van der Waals surface area contributed by atoms with E-state index in [4.69, 9.17) is 5.26 Å². The molecule has 2 rings (SSSR count). The van der Waals surface area contributed by atoms with Crippen molar-refractivity contribution in [1.29, 1.82) is 5.26 Å². The molecule has 7 nitrogen and oxygen atoms in total. The van der Waals surface area contributed by atoms with Crippen molar-refractivity contribution in [3.8, 4) is 6.07 Å². The van der Waals surface area contributed by atoms with Crippen molar-refractivity contribution >= 4 is 27.4 Å². The second-order valence-corrected chi connectivity index (χ2v) is 7.20. The standard InChI is InChI=1S/C19H19N3O4S/c1-3-22(17-7-5-4-6-8-17)27(24,25)18-11-9-16(10-12-18)21-14-15(13-20)19(23)26-2/h4-12,14,21H,3H2,1-2H3/b15-14-. The summed E-state index contributed by atoms with van der Waals surface area (Å²) < 4.78 is 31.6. The number of nitriles is 1. The van der Waals surface area contributed by atoms with Gasteiger partial charge in [-0.25, -0.2) is 13.2 Å². The van der Waals surface area contributed by atoms with Gasteiger partial charge in [0.2, 0.25) is 0 Å². The van der Waals surface area contributed by atoms with E-state index in [-0.39, 0.29) is 10.5 Å². The molecule has 8 heteroatoms. The summed E-state index contributed by atoms with van der Waals surface area (Å²) in [6.45, 7) is 2.06. The van der Waals surface area contributed by atoms with Gasteiger partial charge in [0.15, 0.2) is 5.57 Å². The molecule has 2 aromatic rings. The number of sulfonamides is 1. The third-order valence-corrected chi connectivity index (χ3v) is 5.60. The zero-order chi connectivity index (χ0) is 19.9. The number of methoxy groups -OCH3 is 1. The molecule has 0 amide bonds. The van der Waals surface area contributed by atoms with Crippen LogP contribution in [-0.2, 0) is 19.6 Å². The van der Waals surface area contributed by atoms with Gasteiger partial charge < -0.3 is 10.1 Å². The van der Waals surface area contributed by atoms with Gasteiger partial charge in [0, 0.05) is 18.4 Å². The Hall–Kier alpha value is -3.31. The highest BCUT2D eigenvalue weighted by Gasteiger charge is 2.23. The minimum Gasteiger partial charge on any atom is -0.465 e. The van der Waals surface area contributed by atoms with Crippen molar-refractivity contribution in [2.45, 2.75) is 11.8 Å². The maximum absolute atomic E-state index is 12.9. The fourth-order valence-corrected chi connectivity index (χ4v) is 3.81. The molecule has 0 atom stereocenters. The molecule has 0 fully saturated rings. The van der Waals surface area contributed by atoms with Gasteiger partial charge in [-0.1, -0.05) is 18.2 Å². The van der Waals surface area contributed by atoms with E-state index in [1.54, 1.807) is 49.4 Å². The number of carbonyl (C=O) groups is 1. The Bertz CT molecular complexity index is 962. The summed E-state index contributed by atoms with van der Waals surface area (Å²) in [5.41, 5.74) is 0.908. The van der Waals surface area contributed by atoms with Crippen molar-refractivity contribution in [1.82, 2.24) is 0 Å². The van der Waals surface area contributed by atoms with Crippen molar-refractivity contribution < 1.29 is 17.9 Å². The molecule has 140 valence electrons. The highest BCUT2D eigenvalue weighted by Crippen LogP contribution is 2.24. The van der Waals surface area contributed by atoms with Crippen molar-refractivity contribution in [3.63, 3.8) is 0 Å². The van der Waals surface area contributed by atoms with Crippen LogP contribution in [0.5, 0.6) is 0 Å². The molecule has 1 N–H and O–H groups in total. The zero-order valence-corrected chi connectivity index (χ0v) is 15.7. The Morgan fingerprint density at radius 1 is 1.19 bits per heavy atom. The number of carbonyl (C=O) groups excluding carboxylic acids is 1. The number of hydrogen-bond donors (Lipinski definition) is 1. The van der Waals surface area contributed by atoms with Crippen molar-refractivity contribution in [3.05, 3.63) is 66.4 Å². The lowest BCUT2D eigenvalue weighted by molar-refractivity contribution is -0.135. The quantitative estimate of drug-likeness (QED) is 0.447. The summed E-state index contributed by atoms with van der Waals surface area (Å²) >= 11 is 0. The SMILES string of the molecule is CCN(c1ccccc1)S(=O)(=O)c1ccc(N/C=C(/C#N)C(=O)OC)cc1. The number of nitrogens with zero attached hydrogens (tertiary/aromatic N) is 2. The predicted molar refractivity (Wildman–Crippen MR) is 102 cm³/mol. The molecule has 0 aromatic heterocycles. The zero-order valence-electron chi connectivity index (χ0n) is 14.9. The minimum absolute atomic E-state index is 0.135. The van der Waals surface area contributed by atoms with Crippen LogP contribution in [0.1, 0.15) is 6.92 Å². The Kier molecular flexibility index (Phi) is 6.57. The minimum atomic E-state index is -3.71. The molecule has 0 unspecified atom stereocenters. The lowest BCUT2D eigenvalue weighted by Gasteiger charge is -2.23. The average molecular weight is 385 g/mol. The number of ether oxygens (including phenoxy) is 1. The van der Waals surface area contributed by atoms with Crippen LogP contribution in [0, 0.1) is 11.3 Å². The van der Waals surface area contributed by atoms with Gasteiger partial charge in [0.05, 0.1) is 17.7 Å². The first-order chi connectivity index (χ1) is 12.9. The third-order valence-electron chi connectivity index (χ3n) is 3.68. The fraction of sp³-hybridized carbons (Fsp3) is 0.158. The predicted octanol–water partition coefficient (Wildman–Crippen LogP) is 2.89. The maximum atomic E-state index is 12.9. The number of para-hydroxylation sites is 1. The normalized spacial score (nSPS) is 11.4. The van der Waals surface area contributed by atoms with Crippen LogP contribution < -0.4 is 9.62 Å². The maximum Gasteiger partial charge on any atom is 0.350 e. The van der Waals surface area contributed by atoms with Crippen LogP contribution in [0.2, 0.25) is 0 Å². The molecule has 0 spiro atoms. The summed E-state index contributed by atoms with van der Waals surface area (Å²) in [7, 11) is -2.53. The number of rotatable bonds is 7. The lowest BCUT2D eigenvalue weighted by atomic mass is 10.3. The molecule has 0 aliphatic heterocycles. The van der Waals surface area contributed by atoms with Crippen molar-refractivity contribution in [2.75, 3.05) is 23.3 Å². The molecule has 27 heavy (non-hydrogen) atoms. The van der Waals surface area contributed by atoms with E-state index in [1.807, 2.05) is 6.07 Å². The lowest BCUT2D eigenvalue weighted by Crippen LogP contribution is -2.30. The molecule has 2 aromatic carbocycles. The van der Waals surface area contributed by atoms with Gasteiger partial charge in [-0.15, -0.1) is 0 Å². The van der Waals surface area contributed by atoms with Crippen LogP contribution in [0.3, 0.4) is 0 Å². The van der Waals surface area contributed by atoms with Crippen LogP contribution in [-0.4, -0.2) is 28.0 Å². The molecule has 0 aliphatic rings. The summed E-state index contributed by atoms with van der Waals surface area (Å²) in [5, 5.41) is 11.7. The van der Waals surface area contributed by atoms with Crippen LogP contribution >= 0.6 is 0 Å². The third kappa shape index (κ3) is 4.65. The highest BCUT2D eigenvalue weighted by atomic mass is 32.2. The van der Waals surface area contributed by atoms with Gasteiger partial charge in [0.25, 0.3) is 10.0 Å². The summed E-state index contributed by atoms with van der Waals surface area (Å²) in [6, 6.07) is 16.6. The fourth-order valence-electron chi connectivity index (χ4n) is 2.34. The van der Waals surface area contributed by atoms with E-state index in [2.05, 4.69) is 10.1 Å². The van der Waals surface area contributed by atoms with Gasteiger partial charge in [-0.3, -0.25) is 4.31 Å². The van der Waals surface area contributed by atoms with Gasteiger partial charge in [-0.05, 0) is 43.3 Å². The first kappa shape index (κ1) is 20.0. The second kappa shape index (κ2) is 8.87. The first-order valence-corrected chi connectivity index (χ1v) is 9.51. The van der Waals surface area contributed by atoms with Crippen LogP contribution in [0.4, 0.5) is 11.4 Å². The topological polar surface area (TPSA) is 99.5 Å². The highest BCUT2D eigenvalue weighted by molar-refractivity contribution is 7.92. The molecular formula is C19H19N3O4S. The van der Waals surface area contributed by atoms with Crippen LogP contribution in [0.25, 0.3) is 0 Å². The molecule has 0 saturated carbocycles. The average Bonchev–Trinajstić information content (AvgIpc) is 2.69.